The fourth-order valence-corrected chi connectivity index (χ4v) is 4.99. The van der Waals surface area contributed by atoms with E-state index in [1.807, 2.05) is 71.3 Å². The third kappa shape index (κ3) is 3.99. The zero-order valence-electron chi connectivity index (χ0n) is 16.6. The van der Waals surface area contributed by atoms with E-state index in [1.165, 1.54) is 0 Å². The van der Waals surface area contributed by atoms with Crippen LogP contribution in [-0.4, -0.2) is 26.9 Å². The van der Waals surface area contributed by atoms with E-state index in [0.29, 0.717) is 17.3 Å². The number of methoxy groups -OCH3 is 1. The molecule has 5 rings (SSSR count). The van der Waals surface area contributed by atoms with E-state index >= 15 is 0 Å². The van der Waals surface area contributed by atoms with E-state index < -0.39 is 0 Å². The van der Waals surface area contributed by atoms with Gasteiger partial charge in [0.25, 0.3) is 0 Å². The fraction of sp³-hybridized carbons (Fsp3) is 0.0870. The minimum absolute atomic E-state index is 0.673. The highest BCUT2D eigenvalue weighted by Gasteiger charge is 2.18. The van der Waals surface area contributed by atoms with Gasteiger partial charge in [0.05, 0.1) is 24.6 Å². The van der Waals surface area contributed by atoms with Gasteiger partial charge in [0.2, 0.25) is 5.82 Å². The first kappa shape index (κ1) is 19.6. The fourth-order valence-electron chi connectivity index (χ4n) is 3.20. The van der Waals surface area contributed by atoms with Crippen LogP contribution in [0.2, 0.25) is 0 Å². The van der Waals surface area contributed by atoms with Gasteiger partial charge in [0.1, 0.15) is 10.8 Å². The molecule has 3 heterocycles. The molecule has 5 aromatic rings. The van der Waals surface area contributed by atoms with Gasteiger partial charge in [0, 0.05) is 16.8 Å². The topological polar surface area (TPSA) is 66.0 Å². The van der Waals surface area contributed by atoms with Gasteiger partial charge in [-0.1, -0.05) is 42.1 Å². The number of aromatic nitrogens is 4. The van der Waals surface area contributed by atoms with Crippen molar-refractivity contribution in [2.45, 2.75) is 10.9 Å². The Labute approximate surface area is 187 Å². The van der Waals surface area contributed by atoms with Crippen molar-refractivity contribution in [1.29, 1.82) is 0 Å². The Bertz CT molecular complexity index is 1280. The average Bonchev–Trinajstić information content (AvgIpc) is 3.58. The standard InChI is InChI=1S/C23H18N4O2S2/c1-28-19-11-6-5-10-18(19)22-24-16(14-30-22)15-31-23-26-25-21(20-12-7-13-29-20)27(23)17-8-3-2-4-9-17/h2-14H,15H2,1H3. The SMILES string of the molecule is COc1ccccc1-c1nc(CSc2nnc(-c3ccco3)n2-c2ccccc2)cs1. The Balaban J connectivity index is 1.42. The lowest BCUT2D eigenvalue weighted by atomic mass is 10.2. The van der Waals surface area contributed by atoms with Crippen LogP contribution in [0.5, 0.6) is 5.75 Å². The summed E-state index contributed by atoms with van der Waals surface area (Å²) in [4.78, 5) is 4.81. The second kappa shape index (κ2) is 8.79. The van der Waals surface area contributed by atoms with Crippen LogP contribution in [0.25, 0.3) is 27.8 Å². The maximum atomic E-state index is 5.58. The Hall–Kier alpha value is -3.36. The van der Waals surface area contributed by atoms with Crippen LogP contribution < -0.4 is 4.74 Å². The van der Waals surface area contributed by atoms with E-state index in [0.717, 1.165) is 32.9 Å². The molecule has 0 saturated carbocycles. The average molecular weight is 447 g/mol. The Morgan fingerprint density at radius 2 is 1.84 bits per heavy atom. The summed E-state index contributed by atoms with van der Waals surface area (Å²) < 4.78 is 13.1. The summed E-state index contributed by atoms with van der Waals surface area (Å²) in [7, 11) is 1.68. The molecule has 0 unspecified atom stereocenters. The van der Waals surface area contributed by atoms with Gasteiger partial charge in [-0.05, 0) is 36.4 Å². The molecule has 31 heavy (non-hydrogen) atoms. The number of ether oxygens (including phenoxy) is 1. The molecule has 0 saturated heterocycles. The summed E-state index contributed by atoms with van der Waals surface area (Å²) in [6.45, 7) is 0. The van der Waals surface area contributed by atoms with Crippen LogP contribution in [-0.2, 0) is 5.75 Å². The molecule has 8 heteroatoms. The first-order valence-electron chi connectivity index (χ1n) is 9.59. The van der Waals surface area contributed by atoms with Crippen LogP contribution in [0, 0.1) is 0 Å². The lowest BCUT2D eigenvalue weighted by Crippen LogP contribution is -1.99. The van der Waals surface area contributed by atoms with E-state index in [9.17, 15) is 0 Å². The molecule has 0 aliphatic heterocycles. The van der Waals surface area contributed by atoms with Crippen LogP contribution in [0.1, 0.15) is 5.69 Å². The minimum Gasteiger partial charge on any atom is -0.496 e. The normalized spacial score (nSPS) is 11.0. The molecule has 0 N–H and O–H groups in total. The van der Waals surface area contributed by atoms with Crippen LogP contribution in [0.15, 0.2) is 87.9 Å². The van der Waals surface area contributed by atoms with E-state index in [-0.39, 0.29) is 0 Å². The van der Waals surface area contributed by atoms with Crippen molar-refractivity contribution in [3.63, 3.8) is 0 Å². The molecule has 0 spiro atoms. The number of hydrogen-bond donors (Lipinski definition) is 0. The van der Waals surface area contributed by atoms with Gasteiger partial charge in [-0.25, -0.2) is 4.98 Å². The summed E-state index contributed by atoms with van der Waals surface area (Å²) in [6, 6.07) is 21.7. The third-order valence-electron chi connectivity index (χ3n) is 4.63. The predicted molar refractivity (Wildman–Crippen MR) is 123 cm³/mol. The van der Waals surface area contributed by atoms with E-state index in [4.69, 9.17) is 14.1 Å². The molecule has 2 aromatic carbocycles. The van der Waals surface area contributed by atoms with E-state index in [2.05, 4.69) is 15.6 Å². The van der Waals surface area contributed by atoms with Crippen LogP contribution in [0.4, 0.5) is 0 Å². The highest BCUT2D eigenvalue weighted by atomic mass is 32.2. The molecule has 0 fully saturated rings. The van der Waals surface area contributed by atoms with Crippen molar-refractivity contribution in [3.05, 3.63) is 84.1 Å². The van der Waals surface area contributed by atoms with Gasteiger partial charge < -0.3 is 9.15 Å². The zero-order chi connectivity index (χ0) is 21.0. The van der Waals surface area contributed by atoms with Crippen molar-refractivity contribution in [3.8, 4) is 33.6 Å². The van der Waals surface area contributed by atoms with Gasteiger partial charge in [-0.15, -0.1) is 21.5 Å². The minimum atomic E-state index is 0.673. The Morgan fingerprint density at radius 1 is 1.00 bits per heavy atom. The molecule has 154 valence electrons. The molecule has 0 radical (unpaired) electrons. The van der Waals surface area contributed by atoms with Gasteiger partial charge >= 0.3 is 0 Å². The molecule has 6 nitrogen and oxygen atoms in total. The second-order valence-electron chi connectivity index (χ2n) is 6.59. The van der Waals surface area contributed by atoms with Crippen molar-refractivity contribution in [2.24, 2.45) is 0 Å². The number of thioether (sulfide) groups is 1. The second-order valence-corrected chi connectivity index (χ2v) is 8.39. The van der Waals surface area contributed by atoms with Gasteiger partial charge in [0.15, 0.2) is 10.9 Å². The lowest BCUT2D eigenvalue weighted by molar-refractivity contribution is 0.416. The number of furan rings is 1. The van der Waals surface area contributed by atoms with Crippen molar-refractivity contribution >= 4 is 23.1 Å². The smallest absolute Gasteiger partial charge is 0.205 e. The largest absolute Gasteiger partial charge is 0.496 e. The zero-order valence-corrected chi connectivity index (χ0v) is 18.3. The number of para-hydroxylation sites is 2. The first-order chi connectivity index (χ1) is 15.3. The quantitative estimate of drug-likeness (QED) is 0.288. The van der Waals surface area contributed by atoms with Crippen molar-refractivity contribution in [1.82, 2.24) is 19.7 Å². The van der Waals surface area contributed by atoms with Crippen LogP contribution in [0.3, 0.4) is 0 Å². The molecular weight excluding hydrogens is 428 g/mol. The molecular formula is C23H18N4O2S2. The highest BCUT2D eigenvalue weighted by molar-refractivity contribution is 7.98. The number of thiazole rings is 1. The molecule has 0 atom stereocenters. The summed E-state index contributed by atoms with van der Waals surface area (Å²) in [5.74, 6) is 2.85. The number of nitrogens with zero attached hydrogens (tertiary/aromatic N) is 4. The number of benzene rings is 2. The highest BCUT2D eigenvalue weighted by Crippen LogP contribution is 2.34. The summed E-state index contributed by atoms with van der Waals surface area (Å²) in [5, 5.41) is 12.6. The van der Waals surface area contributed by atoms with Crippen molar-refractivity contribution < 1.29 is 9.15 Å². The molecule has 3 aromatic heterocycles. The molecule has 0 bridgehead atoms. The van der Waals surface area contributed by atoms with Crippen molar-refractivity contribution in [2.75, 3.05) is 7.11 Å². The molecule has 0 aliphatic carbocycles. The molecule has 0 aliphatic rings. The summed E-state index contributed by atoms with van der Waals surface area (Å²) >= 11 is 3.20. The Morgan fingerprint density at radius 3 is 2.65 bits per heavy atom. The monoisotopic (exact) mass is 446 g/mol. The summed E-state index contributed by atoms with van der Waals surface area (Å²) in [5.41, 5.74) is 2.96. The number of hydrogen-bond acceptors (Lipinski definition) is 7. The maximum absolute atomic E-state index is 5.58. The van der Waals surface area contributed by atoms with Gasteiger partial charge in [-0.3, -0.25) is 4.57 Å². The van der Waals surface area contributed by atoms with Gasteiger partial charge in [-0.2, -0.15) is 0 Å². The third-order valence-corrected chi connectivity index (χ3v) is 6.51. The van der Waals surface area contributed by atoms with E-state index in [1.54, 1.807) is 36.5 Å². The molecule has 0 amide bonds. The first-order valence-corrected chi connectivity index (χ1v) is 11.5. The van der Waals surface area contributed by atoms with Crippen LogP contribution >= 0.6 is 23.1 Å². The predicted octanol–water partition coefficient (Wildman–Crippen LogP) is 5.95. The maximum Gasteiger partial charge on any atom is 0.205 e. The summed E-state index contributed by atoms with van der Waals surface area (Å²) in [6.07, 6.45) is 1.64. The Kier molecular flexibility index (Phi) is 5.56. The lowest BCUT2D eigenvalue weighted by Gasteiger charge is -2.08. The number of rotatable bonds is 7.